The first-order chi connectivity index (χ1) is 8.75. The Kier molecular flexibility index (Phi) is 4.66. The monoisotopic (exact) mass is 277 g/mol. The van der Waals surface area contributed by atoms with Crippen molar-refractivity contribution < 1.29 is 0 Å². The van der Waals surface area contributed by atoms with E-state index in [-0.39, 0.29) is 0 Å². The van der Waals surface area contributed by atoms with Gasteiger partial charge in [0.2, 0.25) is 0 Å². The van der Waals surface area contributed by atoms with Gasteiger partial charge in [0.15, 0.2) is 10.2 Å². The lowest BCUT2D eigenvalue weighted by atomic mass is 10.0. The third-order valence-electron chi connectivity index (χ3n) is 2.59. The van der Waals surface area contributed by atoms with Crippen molar-refractivity contribution in [2.75, 3.05) is 11.9 Å². The Morgan fingerprint density at radius 2 is 2.17 bits per heavy atom. The van der Waals surface area contributed by atoms with Gasteiger partial charge in [-0.2, -0.15) is 0 Å². The Balaban J connectivity index is 1.79. The summed E-state index contributed by atoms with van der Waals surface area (Å²) in [6, 6.07) is 10.4. The lowest BCUT2D eigenvalue weighted by Crippen LogP contribution is -2.31. The SMILES string of the molecule is C[C@@H](CNC(=S)Nc1nccs1)c1ccccc1. The molecule has 5 heteroatoms. The molecule has 1 atom stereocenters. The van der Waals surface area contributed by atoms with Crippen LogP contribution in [-0.2, 0) is 0 Å². The average molecular weight is 277 g/mol. The third kappa shape index (κ3) is 3.78. The van der Waals surface area contributed by atoms with Crippen LogP contribution in [0.25, 0.3) is 0 Å². The van der Waals surface area contributed by atoms with Gasteiger partial charge in [-0.25, -0.2) is 4.98 Å². The van der Waals surface area contributed by atoms with Crippen molar-refractivity contribution in [1.82, 2.24) is 10.3 Å². The van der Waals surface area contributed by atoms with E-state index in [4.69, 9.17) is 12.2 Å². The van der Waals surface area contributed by atoms with Crippen LogP contribution in [0.5, 0.6) is 0 Å². The number of thiocarbonyl (C=S) groups is 1. The molecule has 2 rings (SSSR count). The molecule has 0 aliphatic heterocycles. The second-order valence-electron chi connectivity index (χ2n) is 3.98. The van der Waals surface area contributed by atoms with Crippen LogP contribution in [0.15, 0.2) is 41.9 Å². The summed E-state index contributed by atoms with van der Waals surface area (Å²) in [7, 11) is 0. The van der Waals surface area contributed by atoms with Crippen LogP contribution in [0.2, 0.25) is 0 Å². The van der Waals surface area contributed by atoms with Crippen LogP contribution in [0.4, 0.5) is 5.13 Å². The number of hydrogen-bond acceptors (Lipinski definition) is 3. The van der Waals surface area contributed by atoms with E-state index in [1.807, 2.05) is 11.4 Å². The van der Waals surface area contributed by atoms with Gasteiger partial charge in [0.05, 0.1) is 0 Å². The molecule has 0 radical (unpaired) electrons. The number of rotatable bonds is 4. The Morgan fingerprint density at radius 3 is 2.83 bits per heavy atom. The first-order valence-corrected chi connectivity index (χ1v) is 7.04. The molecular formula is C13H15N3S2. The highest BCUT2D eigenvalue weighted by Crippen LogP contribution is 2.13. The lowest BCUT2D eigenvalue weighted by molar-refractivity contribution is 0.723. The minimum atomic E-state index is 0.419. The van der Waals surface area contributed by atoms with E-state index in [9.17, 15) is 0 Å². The fraction of sp³-hybridized carbons (Fsp3) is 0.231. The van der Waals surface area contributed by atoms with Gasteiger partial charge < -0.3 is 10.6 Å². The molecule has 1 heterocycles. The molecule has 1 aromatic heterocycles. The molecule has 0 amide bonds. The van der Waals surface area contributed by atoms with Gasteiger partial charge in [-0.05, 0) is 23.7 Å². The van der Waals surface area contributed by atoms with E-state index in [1.54, 1.807) is 6.20 Å². The summed E-state index contributed by atoms with van der Waals surface area (Å²) in [5.74, 6) is 0.419. The molecule has 0 spiro atoms. The summed E-state index contributed by atoms with van der Waals surface area (Å²) in [6.45, 7) is 2.98. The predicted octanol–water partition coefficient (Wildman–Crippen LogP) is 3.23. The van der Waals surface area contributed by atoms with Crippen LogP contribution < -0.4 is 10.6 Å². The summed E-state index contributed by atoms with van der Waals surface area (Å²) in [4.78, 5) is 4.12. The molecule has 1 aromatic carbocycles. The molecular weight excluding hydrogens is 262 g/mol. The standard InChI is InChI=1S/C13H15N3S2/c1-10(11-5-3-2-4-6-11)9-15-12(17)16-13-14-7-8-18-13/h2-8,10H,9H2,1H3,(H2,14,15,16,17)/t10-/m0/s1. The predicted molar refractivity (Wildman–Crippen MR) is 81.2 cm³/mol. The summed E-state index contributed by atoms with van der Waals surface area (Å²) in [5.41, 5.74) is 1.31. The van der Waals surface area contributed by atoms with Crippen LogP contribution in [-0.4, -0.2) is 16.6 Å². The molecule has 0 fully saturated rings. The van der Waals surface area contributed by atoms with Gasteiger partial charge in [0.25, 0.3) is 0 Å². The highest BCUT2D eigenvalue weighted by molar-refractivity contribution is 7.80. The topological polar surface area (TPSA) is 37.0 Å². The van der Waals surface area contributed by atoms with E-state index in [0.29, 0.717) is 11.0 Å². The number of nitrogens with zero attached hydrogens (tertiary/aromatic N) is 1. The lowest BCUT2D eigenvalue weighted by Gasteiger charge is -2.14. The van der Waals surface area contributed by atoms with Gasteiger partial charge in [-0.3, -0.25) is 0 Å². The Morgan fingerprint density at radius 1 is 1.39 bits per heavy atom. The Labute approximate surface area is 116 Å². The molecule has 18 heavy (non-hydrogen) atoms. The van der Waals surface area contributed by atoms with E-state index in [1.165, 1.54) is 16.9 Å². The number of aromatic nitrogens is 1. The van der Waals surface area contributed by atoms with Crippen LogP contribution >= 0.6 is 23.6 Å². The quantitative estimate of drug-likeness (QED) is 0.841. The average Bonchev–Trinajstić information content (AvgIpc) is 2.90. The number of thiazole rings is 1. The Hall–Kier alpha value is -1.46. The molecule has 2 N–H and O–H groups in total. The van der Waals surface area contributed by atoms with Crippen molar-refractivity contribution in [3.8, 4) is 0 Å². The maximum absolute atomic E-state index is 5.21. The molecule has 0 unspecified atom stereocenters. The van der Waals surface area contributed by atoms with Gasteiger partial charge in [-0.15, -0.1) is 11.3 Å². The van der Waals surface area contributed by atoms with Gasteiger partial charge in [-0.1, -0.05) is 37.3 Å². The molecule has 3 nitrogen and oxygen atoms in total. The molecule has 0 aliphatic rings. The van der Waals surface area contributed by atoms with Crippen molar-refractivity contribution >= 4 is 33.8 Å². The zero-order chi connectivity index (χ0) is 12.8. The summed E-state index contributed by atoms with van der Waals surface area (Å²) in [6.07, 6.45) is 1.75. The Bertz CT molecular complexity index is 482. The van der Waals surface area contributed by atoms with Gasteiger partial charge in [0, 0.05) is 18.1 Å². The van der Waals surface area contributed by atoms with Gasteiger partial charge in [0.1, 0.15) is 0 Å². The fourth-order valence-corrected chi connectivity index (χ4v) is 2.35. The maximum atomic E-state index is 5.21. The number of benzene rings is 1. The second-order valence-corrected chi connectivity index (χ2v) is 5.29. The zero-order valence-electron chi connectivity index (χ0n) is 10.1. The van der Waals surface area contributed by atoms with Crippen molar-refractivity contribution in [1.29, 1.82) is 0 Å². The van der Waals surface area contributed by atoms with Gasteiger partial charge >= 0.3 is 0 Å². The van der Waals surface area contributed by atoms with Crippen LogP contribution in [0.1, 0.15) is 18.4 Å². The minimum Gasteiger partial charge on any atom is -0.362 e. The molecule has 0 saturated heterocycles. The van der Waals surface area contributed by atoms with E-state index >= 15 is 0 Å². The first kappa shape index (κ1) is 13.0. The summed E-state index contributed by atoms with van der Waals surface area (Å²) in [5, 5.41) is 9.61. The largest absolute Gasteiger partial charge is 0.362 e. The van der Waals surface area contributed by atoms with Crippen LogP contribution in [0.3, 0.4) is 0 Å². The second kappa shape index (κ2) is 6.47. The number of nitrogens with one attached hydrogen (secondary N) is 2. The molecule has 0 aliphatic carbocycles. The normalized spacial score (nSPS) is 11.8. The highest BCUT2D eigenvalue weighted by atomic mass is 32.1. The fourth-order valence-electron chi connectivity index (χ4n) is 1.57. The van der Waals surface area contributed by atoms with Crippen LogP contribution in [0, 0.1) is 0 Å². The molecule has 94 valence electrons. The van der Waals surface area contributed by atoms with E-state index < -0.39 is 0 Å². The van der Waals surface area contributed by atoms with Crippen molar-refractivity contribution in [3.05, 3.63) is 47.5 Å². The maximum Gasteiger partial charge on any atom is 0.188 e. The summed E-state index contributed by atoms with van der Waals surface area (Å²) < 4.78 is 0. The van der Waals surface area contributed by atoms with E-state index in [2.05, 4.69) is 46.8 Å². The van der Waals surface area contributed by atoms with Crippen molar-refractivity contribution in [2.24, 2.45) is 0 Å². The van der Waals surface area contributed by atoms with E-state index in [0.717, 1.165) is 11.7 Å². The molecule has 0 bridgehead atoms. The molecule has 0 saturated carbocycles. The first-order valence-electron chi connectivity index (χ1n) is 5.75. The minimum absolute atomic E-state index is 0.419. The summed E-state index contributed by atoms with van der Waals surface area (Å²) >= 11 is 6.75. The van der Waals surface area contributed by atoms with Crippen molar-refractivity contribution in [3.63, 3.8) is 0 Å². The molecule has 2 aromatic rings. The number of anilines is 1. The smallest absolute Gasteiger partial charge is 0.188 e. The number of hydrogen-bond donors (Lipinski definition) is 2. The van der Waals surface area contributed by atoms with Crippen molar-refractivity contribution in [2.45, 2.75) is 12.8 Å². The highest BCUT2D eigenvalue weighted by Gasteiger charge is 2.06. The zero-order valence-corrected chi connectivity index (χ0v) is 11.7. The third-order valence-corrected chi connectivity index (χ3v) is 3.53.